The molecule has 2 rings (SSSR count). The Morgan fingerprint density at radius 1 is 1.50 bits per heavy atom. The predicted molar refractivity (Wildman–Crippen MR) is 80.1 cm³/mol. The highest BCUT2D eigenvalue weighted by Crippen LogP contribution is 2.28. The van der Waals surface area contributed by atoms with Crippen molar-refractivity contribution in [2.24, 2.45) is 0 Å². The number of fused-ring (bicyclic) bond motifs is 1. The van der Waals surface area contributed by atoms with Crippen LogP contribution in [0.15, 0.2) is 22.7 Å². The van der Waals surface area contributed by atoms with Gasteiger partial charge in [-0.3, -0.25) is 0 Å². The van der Waals surface area contributed by atoms with Gasteiger partial charge in [0, 0.05) is 16.8 Å². The number of anilines is 1. The Labute approximate surface area is 118 Å². The molecule has 2 aromatic rings. The first-order valence-electron chi connectivity index (χ1n) is 5.34. The van der Waals surface area contributed by atoms with E-state index in [-0.39, 0.29) is 11.8 Å². The van der Waals surface area contributed by atoms with Crippen LogP contribution in [0.4, 0.5) is 5.13 Å². The molecule has 0 aliphatic heterocycles. The second-order valence-electron chi connectivity index (χ2n) is 4.27. The van der Waals surface area contributed by atoms with Crippen molar-refractivity contribution < 1.29 is 8.42 Å². The molecular weight excluding hydrogens is 336 g/mol. The summed E-state index contributed by atoms with van der Waals surface area (Å²) < 4.78 is 24.4. The van der Waals surface area contributed by atoms with Crippen molar-refractivity contribution in [1.29, 1.82) is 0 Å². The van der Waals surface area contributed by atoms with Crippen molar-refractivity contribution in [2.45, 2.75) is 13.0 Å². The minimum absolute atomic E-state index is 0.104. The Kier molecular flexibility index (Phi) is 3.93. The standard InChI is InChI=1S/C11H13BrN2O2S2/c1-7(6-18(2,15)16)13-11-14-9-4-3-8(12)5-10(9)17-11/h3-5,7H,6H2,1-2H3,(H,13,14). The number of sulfone groups is 1. The molecule has 0 aliphatic carbocycles. The van der Waals surface area contributed by atoms with Crippen molar-refractivity contribution in [3.8, 4) is 0 Å². The minimum Gasteiger partial charge on any atom is -0.358 e. The van der Waals surface area contributed by atoms with Gasteiger partial charge in [0.25, 0.3) is 0 Å². The van der Waals surface area contributed by atoms with E-state index >= 15 is 0 Å². The number of nitrogens with one attached hydrogen (secondary N) is 1. The first kappa shape index (κ1) is 13.8. The highest BCUT2D eigenvalue weighted by molar-refractivity contribution is 9.10. The van der Waals surface area contributed by atoms with Gasteiger partial charge in [-0.15, -0.1) is 0 Å². The SMILES string of the molecule is CC(CS(C)(=O)=O)Nc1nc2ccc(Br)cc2s1. The fourth-order valence-corrected chi connectivity index (χ4v) is 4.19. The predicted octanol–water partition coefficient (Wildman–Crippen LogP) is 2.90. The largest absolute Gasteiger partial charge is 0.358 e. The molecular formula is C11H13BrN2O2S2. The lowest BCUT2D eigenvalue weighted by Crippen LogP contribution is -2.24. The lowest BCUT2D eigenvalue weighted by molar-refractivity contribution is 0.598. The number of hydrogen-bond donors (Lipinski definition) is 1. The smallest absolute Gasteiger partial charge is 0.184 e. The molecule has 0 fully saturated rings. The van der Waals surface area contributed by atoms with E-state index in [1.165, 1.54) is 17.6 Å². The molecule has 0 saturated carbocycles. The molecule has 1 N–H and O–H groups in total. The molecule has 0 aliphatic rings. The van der Waals surface area contributed by atoms with Crippen molar-refractivity contribution in [1.82, 2.24) is 4.98 Å². The molecule has 1 unspecified atom stereocenters. The van der Waals surface area contributed by atoms with Crippen LogP contribution in [0, 0.1) is 0 Å². The monoisotopic (exact) mass is 348 g/mol. The molecule has 0 spiro atoms. The van der Waals surface area contributed by atoms with Crippen molar-refractivity contribution in [2.75, 3.05) is 17.3 Å². The van der Waals surface area contributed by atoms with Crippen LogP contribution >= 0.6 is 27.3 Å². The maximum Gasteiger partial charge on any atom is 0.184 e. The van der Waals surface area contributed by atoms with Crippen LogP contribution in [0.3, 0.4) is 0 Å². The van der Waals surface area contributed by atoms with Crippen LogP contribution < -0.4 is 5.32 Å². The summed E-state index contributed by atoms with van der Waals surface area (Å²) in [6.45, 7) is 1.84. The van der Waals surface area contributed by atoms with Gasteiger partial charge in [-0.25, -0.2) is 13.4 Å². The molecule has 0 amide bonds. The number of hydrogen-bond acceptors (Lipinski definition) is 5. The summed E-state index contributed by atoms with van der Waals surface area (Å²) in [6, 6.07) is 5.72. The highest BCUT2D eigenvalue weighted by Gasteiger charge is 2.12. The quantitative estimate of drug-likeness (QED) is 0.922. The van der Waals surface area contributed by atoms with Gasteiger partial charge in [-0.2, -0.15) is 0 Å². The van der Waals surface area contributed by atoms with Crippen LogP contribution in [-0.2, 0) is 9.84 Å². The number of halogens is 1. The summed E-state index contributed by atoms with van der Waals surface area (Å²) in [5, 5.41) is 3.87. The molecule has 1 aromatic heterocycles. The van der Waals surface area contributed by atoms with E-state index < -0.39 is 9.84 Å². The molecule has 18 heavy (non-hydrogen) atoms. The average Bonchev–Trinajstić information content (AvgIpc) is 2.55. The van der Waals surface area contributed by atoms with Gasteiger partial charge >= 0.3 is 0 Å². The molecule has 0 bridgehead atoms. The van der Waals surface area contributed by atoms with Crippen LogP contribution in [0.1, 0.15) is 6.92 Å². The van der Waals surface area contributed by atoms with Crippen molar-refractivity contribution in [3.05, 3.63) is 22.7 Å². The second-order valence-corrected chi connectivity index (χ2v) is 8.40. The summed E-state index contributed by atoms with van der Waals surface area (Å²) in [6.07, 6.45) is 1.24. The molecule has 7 heteroatoms. The Balaban J connectivity index is 2.17. The summed E-state index contributed by atoms with van der Waals surface area (Å²) in [5.74, 6) is 0.104. The third-order valence-corrected chi connectivity index (χ3v) is 4.82. The van der Waals surface area contributed by atoms with Crippen molar-refractivity contribution in [3.63, 3.8) is 0 Å². The third-order valence-electron chi connectivity index (χ3n) is 2.27. The van der Waals surface area contributed by atoms with E-state index in [2.05, 4.69) is 26.2 Å². The first-order valence-corrected chi connectivity index (χ1v) is 9.01. The molecule has 98 valence electrons. The number of aromatic nitrogens is 1. The van der Waals surface area contributed by atoms with Crippen LogP contribution in [-0.4, -0.2) is 31.5 Å². The number of rotatable bonds is 4. The van der Waals surface area contributed by atoms with Gasteiger partial charge in [-0.05, 0) is 25.1 Å². The van der Waals surface area contributed by atoms with Crippen molar-refractivity contribution >= 4 is 52.5 Å². The fraction of sp³-hybridized carbons (Fsp3) is 0.364. The zero-order chi connectivity index (χ0) is 13.3. The maximum absolute atomic E-state index is 11.2. The van der Waals surface area contributed by atoms with E-state index in [0.29, 0.717) is 0 Å². The first-order chi connectivity index (χ1) is 8.33. The van der Waals surface area contributed by atoms with Gasteiger partial charge in [0.2, 0.25) is 0 Å². The van der Waals surface area contributed by atoms with Gasteiger partial charge in [0.05, 0.1) is 16.0 Å². The van der Waals surface area contributed by atoms with E-state index in [1.54, 1.807) is 0 Å². The number of benzene rings is 1. The molecule has 1 aromatic carbocycles. The molecule has 1 heterocycles. The van der Waals surface area contributed by atoms with Crippen LogP contribution in [0.25, 0.3) is 10.2 Å². The summed E-state index contributed by atoms with van der Waals surface area (Å²) in [7, 11) is -2.97. The zero-order valence-electron chi connectivity index (χ0n) is 9.97. The summed E-state index contributed by atoms with van der Waals surface area (Å²) >= 11 is 4.93. The Bertz CT molecular complexity index is 667. The molecule has 4 nitrogen and oxygen atoms in total. The molecule has 0 radical (unpaired) electrons. The Morgan fingerprint density at radius 3 is 2.89 bits per heavy atom. The lowest BCUT2D eigenvalue weighted by Gasteiger charge is -2.10. The minimum atomic E-state index is -2.97. The topological polar surface area (TPSA) is 59.1 Å². The van der Waals surface area contributed by atoms with Crippen LogP contribution in [0.2, 0.25) is 0 Å². The molecule has 1 atom stereocenters. The van der Waals surface area contributed by atoms with Gasteiger partial charge in [-0.1, -0.05) is 27.3 Å². The average molecular weight is 349 g/mol. The third kappa shape index (κ3) is 3.66. The summed E-state index contributed by atoms with van der Waals surface area (Å²) in [5.41, 5.74) is 0.914. The maximum atomic E-state index is 11.2. The zero-order valence-corrected chi connectivity index (χ0v) is 13.2. The normalized spacial score (nSPS) is 13.7. The Morgan fingerprint density at radius 2 is 2.22 bits per heavy atom. The highest BCUT2D eigenvalue weighted by atomic mass is 79.9. The van der Waals surface area contributed by atoms with E-state index in [9.17, 15) is 8.42 Å². The Hall–Kier alpha value is -0.660. The second kappa shape index (κ2) is 5.14. The van der Waals surface area contributed by atoms with Gasteiger partial charge in [0.1, 0.15) is 9.84 Å². The molecule has 0 saturated heterocycles. The van der Waals surface area contributed by atoms with E-state index in [1.807, 2.05) is 25.1 Å². The lowest BCUT2D eigenvalue weighted by atomic mass is 10.3. The van der Waals surface area contributed by atoms with Gasteiger partial charge < -0.3 is 5.32 Å². The van der Waals surface area contributed by atoms with E-state index in [4.69, 9.17) is 0 Å². The van der Waals surface area contributed by atoms with E-state index in [0.717, 1.165) is 19.8 Å². The number of nitrogens with zero attached hydrogens (tertiary/aromatic N) is 1. The van der Waals surface area contributed by atoms with Crippen LogP contribution in [0.5, 0.6) is 0 Å². The summed E-state index contributed by atoms with van der Waals surface area (Å²) in [4.78, 5) is 4.42. The van der Waals surface area contributed by atoms with Gasteiger partial charge in [0.15, 0.2) is 5.13 Å². The fourth-order valence-electron chi connectivity index (χ4n) is 1.67. The number of thiazole rings is 1.